The first-order valence-corrected chi connectivity index (χ1v) is 7.87. The molecule has 5 aliphatic rings. The van der Waals surface area contributed by atoms with E-state index in [1.54, 1.807) is 4.90 Å². The van der Waals surface area contributed by atoms with Crippen molar-refractivity contribution in [2.45, 2.75) is 56.6 Å². The fourth-order valence-corrected chi connectivity index (χ4v) is 5.50. The summed E-state index contributed by atoms with van der Waals surface area (Å²) in [5.74, 6) is 2.57. The Balaban J connectivity index is 1.46. The minimum atomic E-state index is -0.317. The Morgan fingerprint density at radius 1 is 1.11 bits per heavy atom. The zero-order valence-electron chi connectivity index (χ0n) is 11.5. The van der Waals surface area contributed by atoms with Crippen molar-refractivity contribution in [2.24, 2.45) is 17.8 Å². The first-order valence-electron chi connectivity index (χ1n) is 7.87. The van der Waals surface area contributed by atoms with Crippen LogP contribution in [0.1, 0.15) is 44.9 Å². The standard InChI is InChI=1S/C15H24N2O2/c18-13-1-2-17(9-13)14(19)16-15-6-10-3-11(7-15)5-12(4-10)8-15/h10-13,18H,1-9H2,(H,16,19). The third-order valence-electron chi connectivity index (χ3n) is 5.86. The molecule has 2 amide bonds. The summed E-state index contributed by atoms with van der Waals surface area (Å²) >= 11 is 0. The first kappa shape index (κ1) is 12.0. The summed E-state index contributed by atoms with van der Waals surface area (Å²) in [6, 6.07) is 0.0681. The molecule has 0 aromatic carbocycles. The van der Waals surface area contributed by atoms with E-state index in [4.69, 9.17) is 0 Å². The Hall–Kier alpha value is -0.770. The molecule has 19 heavy (non-hydrogen) atoms. The Labute approximate surface area is 114 Å². The number of nitrogens with one attached hydrogen (secondary N) is 1. The maximum atomic E-state index is 12.4. The highest BCUT2D eigenvalue weighted by Crippen LogP contribution is 2.55. The maximum absolute atomic E-state index is 12.4. The van der Waals surface area contributed by atoms with Gasteiger partial charge >= 0.3 is 6.03 Å². The average molecular weight is 264 g/mol. The molecule has 4 nitrogen and oxygen atoms in total. The van der Waals surface area contributed by atoms with Crippen LogP contribution >= 0.6 is 0 Å². The summed E-state index contributed by atoms with van der Waals surface area (Å²) < 4.78 is 0. The first-order chi connectivity index (χ1) is 9.12. The lowest BCUT2D eigenvalue weighted by Gasteiger charge is -2.57. The SMILES string of the molecule is O=C(NC12CC3CC(CC(C3)C1)C2)N1CCC(O)C1. The molecule has 2 N–H and O–H groups in total. The van der Waals surface area contributed by atoms with Gasteiger partial charge in [0, 0.05) is 18.6 Å². The summed E-state index contributed by atoms with van der Waals surface area (Å²) in [7, 11) is 0. The lowest BCUT2D eigenvalue weighted by atomic mass is 9.53. The van der Waals surface area contributed by atoms with Gasteiger partial charge in [-0.05, 0) is 62.7 Å². The summed E-state index contributed by atoms with van der Waals surface area (Å²) in [5.41, 5.74) is 0.0966. The number of carbonyl (C=O) groups excluding carboxylic acids is 1. The molecule has 5 rings (SSSR count). The quantitative estimate of drug-likeness (QED) is 0.758. The number of urea groups is 1. The Kier molecular flexibility index (Phi) is 2.60. The van der Waals surface area contributed by atoms with Gasteiger partial charge in [0.25, 0.3) is 0 Å². The zero-order chi connectivity index (χ0) is 13.0. The number of aliphatic hydroxyl groups is 1. The molecule has 4 saturated carbocycles. The number of hydrogen-bond acceptors (Lipinski definition) is 2. The van der Waals surface area contributed by atoms with E-state index in [-0.39, 0.29) is 17.7 Å². The molecule has 4 heteroatoms. The van der Waals surface area contributed by atoms with Crippen LogP contribution in [0.15, 0.2) is 0 Å². The van der Waals surface area contributed by atoms with E-state index in [1.807, 2.05) is 0 Å². The van der Waals surface area contributed by atoms with Crippen LogP contribution < -0.4 is 5.32 Å². The van der Waals surface area contributed by atoms with Crippen molar-refractivity contribution in [2.75, 3.05) is 13.1 Å². The van der Waals surface area contributed by atoms with Crippen molar-refractivity contribution in [3.8, 4) is 0 Å². The number of amides is 2. The Morgan fingerprint density at radius 2 is 1.68 bits per heavy atom. The van der Waals surface area contributed by atoms with Crippen LogP contribution in [-0.2, 0) is 0 Å². The van der Waals surface area contributed by atoms with E-state index < -0.39 is 0 Å². The van der Waals surface area contributed by atoms with Crippen LogP contribution in [0.5, 0.6) is 0 Å². The van der Waals surface area contributed by atoms with E-state index in [9.17, 15) is 9.90 Å². The summed E-state index contributed by atoms with van der Waals surface area (Å²) in [4.78, 5) is 14.2. The molecule has 106 valence electrons. The number of hydrogen-bond donors (Lipinski definition) is 2. The molecule has 0 spiro atoms. The van der Waals surface area contributed by atoms with Gasteiger partial charge in [0.2, 0.25) is 0 Å². The Morgan fingerprint density at radius 3 is 2.16 bits per heavy atom. The van der Waals surface area contributed by atoms with Gasteiger partial charge in [0.05, 0.1) is 6.10 Å². The van der Waals surface area contributed by atoms with Crippen LogP contribution in [0, 0.1) is 17.8 Å². The number of likely N-dealkylation sites (tertiary alicyclic amines) is 1. The highest BCUT2D eigenvalue weighted by molar-refractivity contribution is 5.75. The predicted octanol–water partition coefficient (Wildman–Crippen LogP) is 1.73. The molecular formula is C15H24N2O2. The average Bonchev–Trinajstić information content (AvgIpc) is 2.73. The smallest absolute Gasteiger partial charge is 0.317 e. The maximum Gasteiger partial charge on any atom is 0.317 e. The minimum absolute atomic E-state index is 0.0681. The summed E-state index contributed by atoms with van der Waals surface area (Å²) in [6.45, 7) is 1.22. The van der Waals surface area contributed by atoms with Crippen LogP contribution in [0.4, 0.5) is 4.79 Å². The lowest BCUT2D eigenvalue weighted by Crippen LogP contribution is -2.61. The topological polar surface area (TPSA) is 52.6 Å². The van der Waals surface area contributed by atoms with Crippen molar-refractivity contribution in [3.05, 3.63) is 0 Å². The third-order valence-corrected chi connectivity index (χ3v) is 5.86. The molecule has 0 radical (unpaired) electrons. The predicted molar refractivity (Wildman–Crippen MR) is 71.6 cm³/mol. The Bertz CT molecular complexity index is 360. The molecule has 5 fully saturated rings. The molecule has 1 atom stereocenters. The second-order valence-corrected chi connectivity index (χ2v) is 7.52. The van der Waals surface area contributed by atoms with Crippen LogP contribution in [0.2, 0.25) is 0 Å². The molecular weight excluding hydrogens is 240 g/mol. The van der Waals surface area contributed by atoms with Crippen molar-refractivity contribution in [1.82, 2.24) is 10.2 Å². The molecule has 0 aromatic heterocycles. The minimum Gasteiger partial charge on any atom is -0.391 e. The van der Waals surface area contributed by atoms with Crippen molar-refractivity contribution >= 4 is 6.03 Å². The van der Waals surface area contributed by atoms with Gasteiger partial charge in [-0.2, -0.15) is 0 Å². The van der Waals surface area contributed by atoms with Crippen LogP contribution in [0.25, 0.3) is 0 Å². The summed E-state index contributed by atoms with van der Waals surface area (Å²) in [6.07, 6.45) is 8.20. The van der Waals surface area contributed by atoms with Gasteiger partial charge in [-0.1, -0.05) is 0 Å². The number of aliphatic hydroxyl groups excluding tert-OH is 1. The molecule has 1 aliphatic heterocycles. The van der Waals surface area contributed by atoms with E-state index in [2.05, 4.69) is 5.32 Å². The second-order valence-electron chi connectivity index (χ2n) is 7.52. The number of nitrogens with zero attached hydrogens (tertiary/aromatic N) is 1. The van der Waals surface area contributed by atoms with Crippen LogP contribution in [-0.4, -0.2) is 40.8 Å². The normalized spacial score (nSPS) is 47.7. The van der Waals surface area contributed by atoms with Gasteiger partial charge in [-0.15, -0.1) is 0 Å². The zero-order valence-corrected chi connectivity index (χ0v) is 11.5. The highest BCUT2D eigenvalue weighted by Gasteiger charge is 2.51. The monoisotopic (exact) mass is 264 g/mol. The van der Waals surface area contributed by atoms with Crippen molar-refractivity contribution in [3.63, 3.8) is 0 Å². The number of carbonyl (C=O) groups is 1. The summed E-state index contributed by atoms with van der Waals surface area (Å²) in [5, 5.41) is 12.9. The van der Waals surface area contributed by atoms with Crippen molar-refractivity contribution in [1.29, 1.82) is 0 Å². The molecule has 4 bridgehead atoms. The van der Waals surface area contributed by atoms with E-state index in [1.165, 1.54) is 38.5 Å². The van der Waals surface area contributed by atoms with Gasteiger partial charge in [0.15, 0.2) is 0 Å². The van der Waals surface area contributed by atoms with Gasteiger partial charge in [-0.3, -0.25) is 0 Å². The third kappa shape index (κ3) is 2.04. The van der Waals surface area contributed by atoms with Crippen molar-refractivity contribution < 1.29 is 9.90 Å². The lowest BCUT2D eigenvalue weighted by molar-refractivity contribution is -0.0154. The second kappa shape index (κ2) is 4.11. The van der Waals surface area contributed by atoms with E-state index in [0.29, 0.717) is 13.1 Å². The van der Waals surface area contributed by atoms with E-state index >= 15 is 0 Å². The fourth-order valence-electron chi connectivity index (χ4n) is 5.50. The van der Waals surface area contributed by atoms with Gasteiger partial charge < -0.3 is 15.3 Å². The number of β-amino-alcohol motifs (C(OH)–C–C–N with tert-alkyl or cyclic N) is 1. The molecule has 1 unspecified atom stereocenters. The molecule has 0 aromatic rings. The number of rotatable bonds is 1. The van der Waals surface area contributed by atoms with Gasteiger partial charge in [-0.25, -0.2) is 4.79 Å². The molecule has 4 aliphatic carbocycles. The molecule has 1 heterocycles. The molecule has 1 saturated heterocycles. The fraction of sp³-hybridized carbons (Fsp3) is 0.933. The highest BCUT2D eigenvalue weighted by atomic mass is 16.3. The van der Waals surface area contributed by atoms with E-state index in [0.717, 1.165) is 24.2 Å². The largest absolute Gasteiger partial charge is 0.391 e. The van der Waals surface area contributed by atoms with Gasteiger partial charge in [0.1, 0.15) is 0 Å². The van der Waals surface area contributed by atoms with Crippen LogP contribution in [0.3, 0.4) is 0 Å².